The normalized spacial score (nSPS) is 11.0. The third-order valence-electron chi connectivity index (χ3n) is 4.30. The van der Waals surface area contributed by atoms with Crippen LogP contribution in [-0.2, 0) is 4.84 Å². The third-order valence-corrected chi connectivity index (χ3v) is 4.30. The zero-order valence-electron chi connectivity index (χ0n) is 14.8. The van der Waals surface area contributed by atoms with Gasteiger partial charge in [-0.2, -0.15) is 0 Å². The quantitative estimate of drug-likeness (QED) is 0.541. The molecule has 0 aliphatic carbocycles. The van der Waals surface area contributed by atoms with Crippen molar-refractivity contribution in [1.29, 1.82) is 0 Å². The number of fused-ring (bicyclic) bond motifs is 3. The predicted molar refractivity (Wildman–Crippen MR) is 103 cm³/mol. The molecule has 136 valence electrons. The van der Waals surface area contributed by atoms with Crippen molar-refractivity contribution in [2.24, 2.45) is 0 Å². The van der Waals surface area contributed by atoms with E-state index in [1.165, 1.54) is 7.11 Å². The highest BCUT2D eigenvalue weighted by Crippen LogP contribution is 2.23. The van der Waals surface area contributed by atoms with Crippen LogP contribution in [0.5, 0.6) is 0 Å². The fourth-order valence-corrected chi connectivity index (χ4v) is 3.10. The summed E-state index contributed by atoms with van der Waals surface area (Å²) < 4.78 is 7.23. The molecule has 7 nitrogen and oxygen atoms in total. The van der Waals surface area contributed by atoms with E-state index in [4.69, 9.17) is 9.25 Å². The van der Waals surface area contributed by atoms with Gasteiger partial charge in [0, 0.05) is 11.4 Å². The molecule has 2 aromatic carbocycles. The Morgan fingerprint density at radius 2 is 1.78 bits per heavy atom. The average molecular weight is 363 g/mol. The van der Waals surface area contributed by atoms with Crippen molar-refractivity contribution < 1.29 is 14.0 Å². The van der Waals surface area contributed by atoms with Crippen molar-refractivity contribution in [2.75, 3.05) is 17.9 Å². The van der Waals surface area contributed by atoms with E-state index in [2.05, 4.69) is 10.8 Å². The average Bonchev–Trinajstić information content (AvgIpc) is 3.00. The van der Waals surface area contributed by atoms with Crippen molar-refractivity contribution in [3.05, 3.63) is 76.3 Å². The molecule has 2 heterocycles. The number of nitrogens with zero attached hydrogens (tertiary/aromatic N) is 1. The molecule has 0 atom stereocenters. The van der Waals surface area contributed by atoms with Gasteiger partial charge >= 0.3 is 5.63 Å². The molecule has 0 spiro atoms. The summed E-state index contributed by atoms with van der Waals surface area (Å²) in [7, 11) is 1.52. The zero-order valence-corrected chi connectivity index (χ0v) is 14.8. The van der Waals surface area contributed by atoms with Gasteiger partial charge < -0.3 is 9.73 Å². The summed E-state index contributed by atoms with van der Waals surface area (Å²) in [4.78, 5) is 29.9. The SMILES string of the molecule is CONc1ccc(NC(=O)c2cc(C)n3c2oc(=O)c2ccccc23)cc1. The minimum Gasteiger partial charge on any atom is -0.404 e. The Labute approximate surface area is 154 Å². The van der Waals surface area contributed by atoms with Crippen molar-refractivity contribution in [2.45, 2.75) is 6.92 Å². The molecule has 0 saturated carbocycles. The highest BCUT2D eigenvalue weighted by atomic mass is 16.6. The lowest BCUT2D eigenvalue weighted by Gasteiger charge is -2.07. The molecule has 0 aliphatic heterocycles. The standard InChI is InChI=1S/C20H17N3O4/c1-12-11-16(18(24)21-13-7-9-14(10-8-13)22-26-2)19-23(12)17-6-4-3-5-15(17)20(25)27-19/h3-11,22H,1-2H3,(H,21,24). The van der Waals surface area contributed by atoms with E-state index in [0.717, 1.165) is 11.4 Å². The number of aryl methyl sites for hydroxylation is 1. The number of nitrogens with one attached hydrogen (secondary N) is 2. The first-order chi connectivity index (χ1) is 13.1. The molecule has 0 unspecified atom stereocenters. The van der Waals surface area contributed by atoms with Crippen LogP contribution in [0, 0.1) is 6.92 Å². The van der Waals surface area contributed by atoms with Gasteiger partial charge in [0.25, 0.3) is 5.91 Å². The third kappa shape index (κ3) is 2.94. The number of hydrogen-bond acceptors (Lipinski definition) is 5. The fraction of sp³-hybridized carbons (Fsp3) is 0.100. The number of para-hydroxylation sites is 1. The van der Waals surface area contributed by atoms with E-state index >= 15 is 0 Å². The van der Waals surface area contributed by atoms with Gasteiger partial charge in [0.1, 0.15) is 5.56 Å². The molecule has 0 fully saturated rings. The Balaban J connectivity index is 1.75. The second-order valence-electron chi connectivity index (χ2n) is 6.08. The summed E-state index contributed by atoms with van der Waals surface area (Å²) in [5, 5.41) is 3.29. The summed E-state index contributed by atoms with van der Waals surface area (Å²) in [5.74, 6) is -0.355. The molecule has 0 saturated heterocycles. The summed E-state index contributed by atoms with van der Waals surface area (Å²) in [6, 6.07) is 15.9. The van der Waals surface area contributed by atoms with Crippen LogP contribution >= 0.6 is 0 Å². The predicted octanol–water partition coefficient (Wildman–Crippen LogP) is 3.58. The highest BCUT2D eigenvalue weighted by Gasteiger charge is 2.19. The lowest BCUT2D eigenvalue weighted by atomic mass is 10.2. The number of aromatic nitrogens is 1. The summed E-state index contributed by atoms with van der Waals surface area (Å²) in [5.41, 5.74) is 5.64. The molecule has 2 aromatic heterocycles. The Hall–Kier alpha value is -3.58. The molecule has 7 heteroatoms. The minimum atomic E-state index is -0.472. The van der Waals surface area contributed by atoms with E-state index in [1.807, 2.05) is 19.1 Å². The molecule has 27 heavy (non-hydrogen) atoms. The maximum atomic E-state index is 12.8. The summed E-state index contributed by atoms with van der Waals surface area (Å²) >= 11 is 0. The van der Waals surface area contributed by atoms with Crippen molar-refractivity contribution in [1.82, 2.24) is 4.40 Å². The number of anilines is 2. The lowest BCUT2D eigenvalue weighted by Crippen LogP contribution is -2.13. The number of hydrogen-bond donors (Lipinski definition) is 2. The van der Waals surface area contributed by atoms with Crippen LogP contribution < -0.4 is 16.4 Å². The van der Waals surface area contributed by atoms with Gasteiger partial charge in [0.05, 0.1) is 23.7 Å². The van der Waals surface area contributed by atoms with Gasteiger partial charge in [-0.15, -0.1) is 0 Å². The van der Waals surface area contributed by atoms with Crippen LogP contribution in [0.2, 0.25) is 0 Å². The van der Waals surface area contributed by atoms with E-state index in [-0.39, 0.29) is 11.6 Å². The zero-order chi connectivity index (χ0) is 19.0. The van der Waals surface area contributed by atoms with Crippen LogP contribution in [0.15, 0.2) is 63.8 Å². The van der Waals surface area contributed by atoms with E-state index in [0.29, 0.717) is 22.2 Å². The van der Waals surface area contributed by atoms with Gasteiger partial charge in [-0.25, -0.2) is 4.79 Å². The number of benzene rings is 2. The van der Waals surface area contributed by atoms with Crippen LogP contribution in [0.25, 0.3) is 16.6 Å². The van der Waals surface area contributed by atoms with Gasteiger partial charge in [0.2, 0.25) is 5.71 Å². The molecular weight excluding hydrogens is 346 g/mol. The highest BCUT2D eigenvalue weighted by molar-refractivity contribution is 6.09. The molecular formula is C20H17N3O4. The molecule has 4 rings (SSSR count). The molecule has 0 bridgehead atoms. The van der Waals surface area contributed by atoms with Gasteiger partial charge in [0.15, 0.2) is 0 Å². The first-order valence-electron chi connectivity index (χ1n) is 8.33. The molecule has 1 amide bonds. The number of carbonyl (C=O) groups is 1. The van der Waals surface area contributed by atoms with Crippen molar-refractivity contribution >= 4 is 33.9 Å². The van der Waals surface area contributed by atoms with E-state index in [1.54, 1.807) is 46.9 Å². The van der Waals surface area contributed by atoms with Crippen LogP contribution in [0.3, 0.4) is 0 Å². The molecule has 4 aromatic rings. The topological polar surface area (TPSA) is 85.0 Å². The summed E-state index contributed by atoms with van der Waals surface area (Å²) in [6.45, 7) is 1.86. The van der Waals surface area contributed by atoms with Crippen LogP contribution in [0.4, 0.5) is 11.4 Å². The van der Waals surface area contributed by atoms with Gasteiger partial charge in [-0.05, 0) is 49.4 Å². The Kier molecular flexibility index (Phi) is 4.13. The minimum absolute atomic E-state index is 0.228. The lowest BCUT2D eigenvalue weighted by molar-refractivity contribution is 0.102. The van der Waals surface area contributed by atoms with E-state index in [9.17, 15) is 9.59 Å². The second-order valence-corrected chi connectivity index (χ2v) is 6.08. The maximum absolute atomic E-state index is 12.8. The van der Waals surface area contributed by atoms with E-state index < -0.39 is 5.63 Å². The Morgan fingerprint density at radius 3 is 2.52 bits per heavy atom. The monoisotopic (exact) mass is 363 g/mol. The fourth-order valence-electron chi connectivity index (χ4n) is 3.10. The van der Waals surface area contributed by atoms with Gasteiger partial charge in [-0.1, -0.05) is 12.1 Å². The molecule has 0 aliphatic rings. The maximum Gasteiger partial charge on any atom is 0.346 e. The molecule has 0 radical (unpaired) electrons. The number of rotatable bonds is 4. The second kappa shape index (κ2) is 6.62. The van der Waals surface area contributed by atoms with Crippen LogP contribution in [-0.4, -0.2) is 17.4 Å². The van der Waals surface area contributed by atoms with Crippen LogP contribution in [0.1, 0.15) is 16.1 Å². The largest absolute Gasteiger partial charge is 0.404 e. The smallest absolute Gasteiger partial charge is 0.346 e. The summed E-state index contributed by atoms with van der Waals surface area (Å²) in [6.07, 6.45) is 0. The Morgan fingerprint density at radius 1 is 1.07 bits per heavy atom. The first-order valence-corrected chi connectivity index (χ1v) is 8.33. The van der Waals surface area contributed by atoms with Crippen molar-refractivity contribution in [3.8, 4) is 0 Å². The Bertz CT molecular complexity index is 1210. The van der Waals surface area contributed by atoms with Crippen molar-refractivity contribution in [3.63, 3.8) is 0 Å². The number of carbonyl (C=O) groups excluding carboxylic acids is 1. The molecule has 2 N–H and O–H groups in total. The van der Waals surface area contributed by atoms with Gasteiger partial charge in [-0.3, -0.25) is 19.5 Å². The first kappa shape index (κ1) is 16.9. The number of amides is 1.